The van der Waals surface area contributed by atoms with Crippen LogP contribution in [0.4, 0.5) is 4.39 Å². The average Bonchev–Trinajstić information content (AvgIpc) is 3.32. The van der Waals surface area contributed by atoms with E-state index >= 15 is 0 Å². The Bertz CT molecular complexity index is 865. The highest BCUT2D eigenvalue weighted by molar-refractivity contribution is 5.93. The van der Waals surface area contributed by atoms with Crippen LogP contribution in [0.25, 0.3) is 0 Å². The van der Waals surface area contributed by atoms with E-state index in [-0.39, 0.29) is 17.8 Å². The van der Waals surface area contributed by atoms with E-state index in [1.54, 1.807) is 13.1 Å². The van der Waals surface area contributed by atoms with E-state index in [0.717, 1.165) is 37.1 Å². The highest BCUT2D eigenvalue weighted by atomic mass is 19.1. The molecule has 2 aromatic rings. The minimum absolute atomic E-state index is 0.0678. The van der Waals surface area contributed by atoms with Gasteiger partial charge >= 0.3 is 0 Å². The van der Waals surface area contributed by atoms with Gasteiger partial charge in [-0.3, -0.25) is 9.69 Å². The van der Waals surface area contributed by atoms with Crippen molar-refractivity contribution in [3.63, 3.8) is 0 Å². The van der Waals surface area contributed by atoms with Crippen molar-refractivity contribution < 1.29 is 9.18 Å². The van der Waals surface area contributed by atoms with Crippen molar-refractivity contribution in [1.82, 2.24) is 15.1 Å². The van der Waals surface area contributed by atoms with Gasteiger partial charge in [-0.05, 0) is 56.3 Å². The van der Waals surface area contributed by atoms with Gasteiger partial charge in [0.05, 0.1) is 0 Å². The Kier molecular flexibility index (Phi) is 5.21. The summed E-state index contributed by atoms with van der Waals surface area (Å²) in [7, 11) is 5.87. The molecule has 3 atom stereocenters. The Morgan fingerprint density at radius 1 is 1.14 bits per heavy atom. The molecule has 4 nitrogen and oxygen atoms in total. The van der Waals surface area contributed by atoms with Crippen LogP contribution in [0, 0.1) is 5.82 Å². The lowest BCUT2D eigenvalue weighted by molar-refractivity contribution is 0.0963. The van der Waals surface area contributed by atoms with Gasteiger partial charge in [0.1, 0.15) is 5.82 Å². The smallest absolute Gasteiger partial charge is 0.251 e. The first kappa shape index (κ1) is 19.1. The van der Waals surface area contributed by atoms with Gasteiger partial charge in [-0.2, -0.15) is 0 Å². The maximum atomic E-state index is 14.5. The van der Waals surface area contributed by atoms with Gasteiger partial charge < -0.3 is 10.2 Å². The third kappa shape index (κ3) is 3.33. The molecule has 1 N–H and O–H groups in total. The Balaban J connectivity index is 1.59. The van der Waals surface area contributed by atoms with Gasteiger partial charge in [0.15, 0.2) is 0 Å². The molecule has 1 saturated heterocycles. The van der Waals surface area contributed by atoms with Gasteiger partial charge in [-0.15, -0.1) is 0 Å². The Labute approximate surface area is 166 Å². The molecule has 0 saturated carbocycles. The maximum Gasteiger partial charge on any atom is 0.251 e. The molecule has 1 unspecified atom stereocenters. The van der Waals surface area contributed by atoms with Gasteiger partial charge in [0.25, 0.3) is 5.91 Å². The van der Waals surface area contributed by atoms with E-state index in [4.69, 9.17) is 0 Å². The van der Waals surface area contributed by atoms with Crippen LogP contribution in [-0.4, -0.2) is 56.0 Å². The van der Waals surface area contributed by atoms with Crippen LogP contribution in [0.15, 0.2) is 42.5 Å². The topological polar surface area (TPSA) is 35.6 Å². The highest BCUT2D eigenvalue weighted by Crippen LogP contribution is 2.42. The predicted octanol–water partition coefficient (Wildman–Crippen LogP) is 3.20. The Morgan fingerprint density at radius 3 is 2.57 bits per heavy atom. The number of amides is 1. The normalized spacial score (nSPS) is 24.5. The molecule has 5 heteroatoms. The van der Waals surface area contributed by atoms with Crippen LogP contribution >= 0.6 is 0 Å². The zero-order valence-corrected chi connectivity index (χ0v) is 16.8. The monoisotopic (exact) mass is 381 g/mol. The molecule has 1 aliphatic carbocycles. The van der Waals surface area contributed by atoms with E-state index in [1.165, 1.54) is 5.56 Å². The van der Waals surface area contributed by atoms with Crippen molar-refractivity contribution in [1.29, 1.82) is 0 Å². The van der Waals surface area contributed by atoms with E-state index < -0.39 is 0 Å². The van der Waals surface area contributed by atoms with Crippen LogP contribution in [0.5, 0.6) is 0 Å². The van der Waals surface area contributed by atoms with Gasteiger partial charge in [-0.25, -0.2) is 4.39 Å². The second kappa shape index (κ2) is 7.64. The second-order valence-electron chi connectivity index (χ2n) is 8.16. The molecule has 0 spiro atoms. The standard InChI is InChI=1S/C23H28FN3O/c1-25-23(28)17-9-7-15(8-10-17)18-13-27(14-21(18)26(2)3)20-12-11-16-5-4-6-19(24)22(16)20/h4-10,18,20-21H,11-14H2,1-3H3,(H,25,28)/t18-,20?,21+/m1/s1. The lowest BCUT2D eigenvalue weighted by Crippen LogP contribution is -2.35. The molecular weight excluding hydrogens is 353 g/mol. The summed E-state index contributed by atoms with van der Waals surface area (Å²) in [6, 6.07) is 13.9. The first-order valence-electron chi connectivity index (χ1n) is 9.99. The van der Waals surface area contributed by atoms with Crippen LogP contribution in [0.2, 0.25) is 0 Å². The summed E-state index contributed by atoms with van der Waals surface area (Å²) in [4.78, 5) is 16.6. The minimum Gasteiger partial charge on any atom is -0.355 e. The molecule has 148 valence electrons. The lowest BCUT2D eigenvalue weighted by atomic mass is 9.93. The molecule has 1 aliphatic heterocycles. The molecule has 1 fully saturated rings. The van der Waals surface area contributed by atoms with Crippen molar-refractivity contribution in [3.8, 4) is 0 Å². The molecule has 1 heterocycles. The number of hydrogen-bond acceptors (Lipinski definition) is 3. The first-order chi connectivity index (χ1) is 13.5. The third-order valence-corrected chi connectivity index (χ3v) is 6.41. The maximum absolute atomic E-state index is 14.5. The Morgan fingerprint density at radius 2 is 1.89 bits per heavy atom. The fraction of sp³-hybridized carbons (Fsp3) is 0.435. The number of rotatable bonds is 4. The highest BCUT2D eigenvalue weighted by Gasteiger charge is 2.41. The first-order valence-corrected chi connectivity index (χ1v) is 9.99. The molecule has 4 rings (SSSR count). The van der Waals surface area contributed by atoms with Crippen LogP contribution in [0.3, 0.4) is 0 Å². The largest absolute Gasteiger partial charge is 0.355 e. The quantitative estimate of drug-likeness (QED) is 0.883. The summed E-state index contributed by atoms with van der Waals surface area (Å²) >= 11 is 0. The molecule has 28 heavy (non-hydrogen) atoms. The van der Waals surface area contributed by atoms with Gasteiger partial charge in [0.2, 0.25) is 0 Å². The summed E-state index contributed by atoms with van der Waals surface area (Å²) in [6.07, 6.45) is 1.94. The van der Waals surface area contributed by atoms with E-state index in [2.05, 4.69) is 47.4 Å². The zero-order chi connectivity index (χ0) is 19.8. The van der Waals surface area contributed by atoms with Gasteiger partial charge in [-0.1, -0.05) is 24.3 Å². The summed E-state index contributed by atoms with van der Waals surface area (Å²) in [5.41, 5.74) is 3.97. The van der Waals surface area contributed by atoms with Crippen molar-refractivity contribution in [3.05, 3.63) is 70.5 Å². The number of nitrogens with zero attached hydrogens (tertiary/aromatic N) is 2. The number of benzene rings is 2. The fourth-order valence-corrected chi connectivity index (χ4v) is 4.92. The molecule has 0 aromatic heterocycles. The number of carbonyl (C=O) groups is 1. The number of nitrogens with one attached hydrogen (secondary N) is 1. The van der Waals surface area contributed by atoms with Crippen LogP contribution < -0.4 is 5.32 Å². The van der Waals surface area contributed by atoms with E-state index in [1.807, 2.05) is 18.2 Å². The molecule has 0 bridgehead atoms. The van der Waals surface area contributed by atoms with Crippen molar-refractivity contribution in [2.75, 3.05) is 34.2 Å². The van der Waals surface area contributed by atoms with E-state index in [9.17, 15) is 9.18 Å². The molecule has 1 amide bonds. The van der Waals surface area contributed by atoms with Crippen molar-refractivity contribution in [2.45, 2.75) is 30.8 Å². The van der Waals surface area contributed by atoms with Crippen LogP contribution in [0.1, 0.15) is 45.4 Å². The number of likely N-dealkylation sites (tertiary alicyclic amines) is 1. The van der Waals surface area contributed by atoms with Gasteiger partial charge in [0, 0.05) is 49.3 Å². The van der Waals surface area contributed by atoms with E-state index in [0.29, 0.717) is 17.5 Å². The van der Waals surface area contributed by atoms with Crippen molar-refractivity contribution >= 4 is 5.91 Å². The summed E-state index contributed by atoms with van der Waals surface area (Å²) in [5, 5.41) is 2.67. The number of halogens is 1. The lowest BCUT2D eigenvalue weighted by Gasteiger charge is -2.26. The average molecular weight is 381 g/mol. The SMILES string of the molecule is CNC(=O)c1ccc([C@H]2CN(C3CCc4cccc(F)c43)C[C@@H]2N(C)C)cc1. The number of fused-ring (bicyclic) bond motifs is 1. The summed E-state index contributed by atoms with van der Waals surface area (Å²) in [5.74, 6) is 0.200. The van der Waals surface area contributed by atoms with Crippen molar-refractivity contribution in [2.24, 2.45) is 0 Å². The number of aryl methyl sites for hydroxylation is 1. The summed E-state index contributed by atoms with van der Waals surface area (Å²) in [6.45, 7) is 1.83. The number of hydrogen-bond donors (Lipinski definition) is 1. The number of likely N-dealkylation sites (N-methyl/N-ethyl adjacent to an activating group) is 1. The third-order valence-electron chi connectivity index (χ3n) is 6.41. The predicted molar refractivity (Wildman–Crippen MR) is 109 cm³/mol. The molecule has 2 aliphatic rings. The number of carbonyl (C=O) groups excluding carboxylic acids is 1. The molecule has 0 radical (unpaired) electrons. The second-order valence-corrected chi connectivity index (χ2v) is 8.16. The fourth-order valence-electron chi connectivity index (χ4n) is 4.92. The molecule has 2 aromatic carbocycles. The zero-order valence-electron chi connectivity index (χ0n) is 16.8. The Hall–Kier alpha value is -2.24. The minimum atomic E-state index is -0.0696. The summed E-state index contributed by atoms with van der Waals surface area (Å²) < 4.78 is 14.5. The van der Waals surface area contributed by atoms with Crippen LogP contribution in [-0.2, 0) is 6.42 Å². The molecular formula is C23H28FN3O.